The first-order valence-electron chi connectivity index (χ1n) is 6.65. The van der Waals surface area contributed by atoms with Gasteiger partial charge >= 0.3 is 6.03 Å². The number of aromatic hydroxyl groups is 1. The predicted molar refractivity (Wildman–Crippen MR) is 92.6 cm³/mol. The van der Waals surface area contributed by atoms with Crippen LogP contribution in [0.4, 0.5) is 21.2 Å². The van der Waals surface area contributed by atoms with Gasteiger partial charge < -0.3 is 16.2 Å². The zero-order chi connectivity index (χ0) is 18.0. The average molecular weight is 374 g/mol. The van der Waals surface area contributed by atoms with Crippen molar-refractivity contribution in [3.8, 4) is 11.8 Å². The Bertz CT molecular complexity index is 1060. The molecule has 3 aromatic rings. The van der Waals surface area contributed by atoms with Crippen LogP contribution in [-0.4, -0.2) is 20.5 Å². The summed E-state index contributed by atoms with van der Waals surface area (Å²) in [6.45, 7) is 0. The Morgan fingerprint density at radius 3 is 2.92 bits per heavy atom. The molecule has 9 nitrogen and oxygen atoms in total. The van der Waals surface area contributed by atoms with Crippen LogP contribution in [0.2, 0.25) is 5.15 Å². The Labute approximate surface area is 149 Å². The molecule has 25 heavy (non-hydrogen) atoms. The van der Waals surface area contributed by atoms with Crippen molar-refractivity contribution < 1.29 is 9.90 Å². The van der Waals surface area contributed by atoms with Crippen molar-refractivity contribution in [2.45, 2.75) is 0 Å². The topological polar surface area (TPSA) is 150 Å². The fourth-order valence-corrected chi connectivity index (χ4v) is 2.73. The summed E-state index contributed by atoms with van der Waals surface area (Å²) in [5.41, 5.74) is 6.08. The van der Waals surface area contributed by atoms with E-state index in [0.717, 1.165) is 11.5 Å². The van der Waals surface area contributed by atoms with E-state index >= 15 is 0 Å². The van der Waals surface area contributed by atoms with Crippen LogP contribution in [0.3, 0.4) is 0 Å². The number of amides is 2. The number of phenols is 1. The third-order valence-corrected chi connectivity index (χ3v) is 4.05. The van der Waals surface area contributed by atoms with Gasteiger partial charge in [-0.05, 0) is 35.8 Å². The number of primary amides is 1. The fourth-order valence-electron chi connectivity index (χ4n) is 1.92. The highest BCUT2D eigenvalue weighted by Crippen LogP contribution is 2.34. The number of anilines is 1. The van der Waals surface area contributed by atoms with Gasteiger partial charge in [0.05, 0.1) is 22.3 Å². The van der Waals surface area contributed by atoms with Gasteiger partial charge in [0.2, 0.25) is 0 Å². The largest absolute Gasteiger partial charge is 0.506 e. The van der Waals surface area contributed by atoms with E-state index in [-0.39, 0.29) is 22.2 Å². The minimum absolute atomic E-state index is 0.0736. The van der Waals surface area contributed by atoms with Gasteiger partial charge in [-0.15, -0.1) is 10.2 Å². The third kappa shape index (κ3) is 3.47. The summed E-state index contributed by atoms with van der Waals surface area (Å²) in [6, 6.07) is 6.92. The molecule has 1 aromatic carbocycles. The molecule has 0 aliphatic carbocycles. The number of urea groups is 1. The molecule has 0 unspecified atom stereocenters. The highest BCUT2D eigenvalue weighted by Gasteiger charge is 2.12. The number of nitrogens with two attached hydrogens (primary N) is 1. The molecule has 0 saturated heterocycles. The second-order valence-electron chi connectivity index (χ2n) is 4.69. The third-order valence-electron chi connectivity index (χ3n) is 3.02. The summed E-state index contributed by atoms with van der Waals surface area (Å²) in [7, 11) is 0. The molecule has 0 atom stereocenters. The van der Waals surface area contributed by atoms with E-state index in [1.54, 1.807) is 6.07 Å². The smallest absolute Gasteiger partial charge is 0.316 e. The number of pyridine rings is 1. The minimum atomic E-state index is -0.815. The van der Waals surface area contributed by atoms with Gasteiger partial charge in [0, 0.05) is 0 Å². The highest BCUT2D eigenvalue weighted by molar-refractivity contribution is 7.11. The van der Waals surface area contributed by atoms with Crippen molar-refractivity contribution in [2.24, 2.45) is 16.0 Å². The first kappa shape index (κ1) is 16.6. The van der Waals surface area contributed by atoms with Crippen molar-refractivity contribution in [3.63, 3.8) is 0 Å². The zero-order valence-corrected chi connectivity index (χ0v) is 13.8. The number of fused-ring (bicyclic) bond motifs is 1. The van der Waals surface area contributed by atoms with Gasteiger partial charge in [-0.1, -0.05) is 11.6 Å². The first-order chi connectivity index (χ1) is 12.0. The number of nitriles is 1. The number of nitrogens with zero attached hydrogens (tertiary/aromatic N) is 5. The van der Waals surface area contributed by atoms with Crippen LogP contribution in [0.5, 0.6) is 5.75 Å². The molecule has 3 rings (SSSR count). The van der Waals surface area contributed by atoms with Gasteiger partial charge in [-0.25, -0.2) is 9.78 Å². The maximum atomic E-state index is 10.9. The molecule has 0 aliphatic heterocycles. The zero-order valence-electron chi connectivity index (χ0n) is 12.3. The number of hydrogen-bond acceptors (Lipinski definition) is 8. The number of phenolic OH excluding ortho intramolecular Hbond substituents is 1. The summed E-state index contributed by atoms with van der Waals surface area (Å²) in [6.07, 6.45) is 0. The highest BCUT2D eigenvalue weighted by atomic mass is 35.5. The van der Waals surface area contributed by atoms with Gasteiger partial charge in [0.1, 0.15) is 17.0 Å². The van der Waals surface area contributed by atoms with Crippen molar-refractivity contribution in [1.29, 1.82) is 5.26 Å². The lowest BCUT2D eigenvalue weighted by molar-refractivity contribution is 0.259. The molecule has 0 saturated carbocycles. The van der Waals surface area contributed by atoms with Crippen LogP contribution in [0.15, 0.2) is 34.5 Å². The number of nitrogens with one attached hydrogen (secondary N) is 1. The van der Waals surface area contributed by atoms with E-state index in [1.807, 2.05) is 6.07 Å². The number of halogens is 1. The molecule has 4 N–H and O–H groups in total. The van der Waals surface area contributed by atoms with E-state index < -0.39 is 6.03 Å². The van der Waals surface area contributed by atoms with Gasteiger partial charge in [-0.2, -0.15) is 9.64 Å². The number of carbonyl (C=O) groups is 1. The van der Waals surface area contributed by atoms with Crippen LogP contribution in [0.1, 0.15) is 5.56 Å². The van der Waals surface area contributed by atoms with Gasteiger partial charge in [-0.3, -0.25) is 0 Å². The van der Waals surface area contributed by atoms with Gasteiger partial charge in [0.25, 0.3) is 0 Å². The molecule has 124 valence electrons. The maximum absolute atomic E-state index is 10.9. The maximum Gasteiger partial charge on any atom is 0.316 e. The van der Waals surface area contributed by atoms with Crippen LogP contribution >= 0.6 is 23.1 Å². The standard InChI is InChI=1S/C14H8ClN7O2S/c15-11-6(5-16)3-8-12(19-11)22-25-13(8)21-20-7-1-2-10(23)9(4-7)18-14(17)24/h1-4,23H,(H3,17,18,24)/b21-20+. The summed E-state index contributed by atoms with van der Waals surface area (Å²) in [4.78, 5) is 14.9. The Hall–Kier alpha value is -3.29. The normalized spacial score (nSPS) is 10.9. The summed E-state index contributed by atoms with van der Waals surface area (Å²) in [5, 5.41) is 30.1. The summed E-state index contributed by atoms with van der Waals surface area (Å²) in [5.74, 6) is -0.154. The van der Waals surface area contributed by atoms with E-state index in [9.17, 15) is 9.90 Å². The number of rotatable bonds is 3. The Balaban J connectivity index is 1.96. The predicted octanol–water partition coefficient (Wildman–Crippen LogP) is 3.83. The molecule has 0 radical (unpaired) electrons. The summed E-state index contributed by atoms with van der Waals surface area (Å²) < 4.78 is 4.11. The SMILES string of the molecule is N#Cc1cc2c(/N=N/c3ccc(O)c(NC(N)=O)c3)snc2nc1Cl. The van der Waals surface area contributed by atoms with Crippen LogP contribution in [0, 0.1) is 11.3 Å². The van der Waals surface area contributed by atoms with E-state index in [0.29, 0.717) is 21.7 Å². The number of aromatic nitrogens is 2. The molecule has 0 spiro atoms. The molecule has 11 heteroatoms. The monoisotopic (exact) mass is 373 g/mol. The van der Waals surface area contributed by atoms with Gasteiger partial charge in [0.15, 0.2) is 10.6 Å². The number of hydrogen-bond donors (Lipinski definition) is 3. The lowest BCUT2D eigenvalue weighted by Crippen LogP contribution is -2.19. The average Bonchev–Trinajstić information content (AvgIpc) is 2.96. The molecule has 2 aromatic heterocycles. The Kier molecular flexibility index (Phi) is 4.42. The molecule has 0 fully saturated rings. The van der Waals surface area contributed by atoms with Crippen molar-refractivity contribution in [1.82, 2.24) is 9.36 Å². The van der Waals surface area contributed by atoms with Crippen LogP contribution in [0.25, 0.3) is 11.0 Å². The lowest BCUT2D eigenvalue weighted by atomic mass is 10.2. The van der Waals surface area contributed by atoms with Crippen LogP contribution < -0.4 is 11.1 Å². The second kappa shape index (κ2) is 6.68. The number of carbonyl (C=O) groups excluding carboxylic acids is 1. The quantitative estimate of drug-likeness (QED) is 0.362. The number of azo groups is 1. The lowest BCUT2D eigenvalue weighted by Gasteiger charge is -2.04. The van der Waals surface area contributed by atoms with Crippen molar-refractivity contribution in [2.75, 3.05) is 5.32 Å². The second-order valence-corrected chi connectivity index (χ2v) is 5.80. The van der Waals surface area contributed by atoms with E-state index in [4.69, 9.17) is 22.6 Å². The molecule has 2 heterocycles. The minimum Gasteiger partial charge on any atom is -0.506 e. The Morgan fingerprint density at radius 1 is 1.40 bits per heavy atom. The summed E-state index contributed by atoms with van der Waals surface area (Å²) >= 11 is 6.92. The fraction of sp³-hybridized carbons (Fsp3) is 0. The number of benzene rings is 1. The molecular formula is C14H8ClN7O2S. The molecule has 2 amide bonds. The van der Waals surface area contributed by atoms with Crippen molar-refractivity contribution in [3.05, 3.63) is 35.0 Å². The van der Waals surface area contributed by atoms with E-state index in [2.05, 4.69) is 24.9 Å². The van der Waals surface area contributed by atoms with Crippen LogP contribution in [-0.2, 0) is 0 Å². The van der Waals surface area contributed by atoms with E-state index in [1.165, 1.54) is 18.2 Å². The molecule has 0 aliphatic rings. The van der Waals surface area contributed by atoms with Crippen molar-refractivity contribution >= 4 is 56.6 Å². The molecule has 0 bridgehead atoms. The molecular weight excluding hydrogens is 366 g/mol. The first-order valence-corrected chi connectivity index (χ1v) is 7.80. The Morgan fingerprint density at radius 2 is 2.20 bits per heavy atom.